The fourth-order valence-electron chi connectivity index (χ4n) is 5.97. The summed E-state index contributed by atoms with van der Waals surface area (Å²) in [4.78, 5) is 2.73. The molecule has 0 radical (unpaired) electrons. The third-order valence-corrected chi connectivity index (χ3v) is 8.91. The molecule has 6 nitrogen and oxygen atoms in total. The molecule has 0 atom stereocenters. The van der Waals surface area contributed by atoms with Crippen LogP contribution in [-0.2, 0) is 0 Å². The summed E-state index contributed by atoms with van der Waals surface area (Å²) >= 11 is 0. The molecule has 0 rings (SSSR count). The minimum atomic E-state index is 0.789. The standard InChI is InChI=1S/C38H84N6/c1-3-5-7-9-11-13-15-17-19-28-41-33-24-36-44(38-26-35-43-31-22-21-30-40-32-23-27-39)37-25-34-42-29-20-18-16-14-12-10-8-6-4-2/h40-43H,3-39H2,1-2H3. The highest BCUT2D eigenvalue weighted by molar-refractivity contribution is 4.63. The number of nitrogens with one attached hydrogen (secondary N) is 4. The van der Waals surface area contributed by atoms with Gasteiger partial charge in [0.05, 0.1) is 0 Å². The van der Waals surface area contributed by atoms with Crippen molar-refractivity contribution in [2.45, 2.75) is 168 Å². The SMILES string of the molecule is CCCCCCCCCCCNCCCN(CCCNCCCCCCCCCCC)CCCNCCCCNCCCN. The third kappa shape index (κ3) is 37.9. The van der Waals surface area contributed by atoms with Crippen LogP contribution in [0, 0.1) is 0 Å². The van der Waals surface area contributed by atoms with E-state index < -0.39 is 0 Å². The topological polar surface area (TPSA) is 77.4 Å². The molecule has 6 heteroatoms. The average Bonchev–Trinajstić information content (AvgIpc) is 3.03. The van der Waals surface area contributed by atoms with Gasteiger partial charge >= 0.3 is 0 Å². The van der Waals surface area contributed by atoms with Crippen molar-refractivity contribution in [2.75, 3.05) is 78.5 Å². The predicted molar refractivity (Wildman–Crippen MR) is 199 cm³/mol. The molecule has 0 saturated carbocycles. The second-order valence-electron chi connectivity index (χ2n) is 13.4. The predicted octanol–water partition coefficient (Wildman–Crippen LogP) is 8.01. The van der Waals surface area contributed by atoms with E-state index in [0.29, 0.717) is 0 Å². The highest BCUT2D eigenvalue weighted by Gasteiger charge is 2.05. The van der Waals surface area contributed by atoms with Gasteiger partial charge in [0.2, 0.25) is 0 Å². The van der Waals surface area contributed by atoms with Crippen LogP contribution in [0.25, 0.3) is 0 Å². The summed E-state index contributed by atoms with van der Waals surface area (Å²) in [7, 11) is 0. The molecule has 6 N–H and O–H groups in total. The van der Waals surface area contributed by atoms with Crippen molar-refractivity contribution >= 4 is 0 Å². The molecule has 0 bridgehead atoms. The second-order valence-corrected chi connectivity index (χ2v) is 13.4. The van der Waals surface area contributed by atoms with Gasteiger partial charge in [-0.2, -0.15) is 0 Å². The Morgan fingerprint density at radius 2 is 0.568 bits per heavy atom. The van der Waals surface area contributed by atoms with Crippen molar-refractivity contribution in [2.24, 2.45) is 5.73 Å². The molecule has 44 heavy (non-hydrogen) atoms. The summed E-state index contributed by atoms with van der Waals surface area (Å²) in [5, 5.41) is 14.6. The fourth-order valence-corrected chi connectivity index (χ4v) is 5.97. The van der Waals surface area contributed by atoms with E-state index in [4.69, 9.17) is 5.73 Å². The maximum Gasteiger partial charge on any atom is -0.000662 e. The summed E-state index contributed by atoms with van der Waals surface area (Å²) in [6, 6.07) is 0. The zero-order valence-electron chi connectivity index (χ0n) is 30.5. The van der Waals surface area contributed by atoms with Crippen LogP contribution in [0.15, 0.2) is 0 Å². The Morgan fingerprint density at radius 1 is 0.318 bits per heavy atom. The zero-order chi connectivity index (χ0) is 31.9. The third-order valence-electron chi connectivity index (χ3n) is 8.91. The highest BCUT2D eigenvalue weighted by atomic mass is 15.1. The Kier molecular flexibility index (Phi) is 40.6. The van der Waals surface area contributed by atoms with Crippen molar-refractivity contribution in [1.82, 2.24) is 26.2 Å². The number of unbranched alkanes of at least 4 members (excludes halogenated alkanes) is 17. The van der Waals surface area contributed by atoms with E-state index in [9.17, 15) is 0 Å². The van der Waals surface area contributed by atoms with Crippen molar-refractivity contribution in [1.29, 1.82) is 0 Å². The van der Waals surface area contributed by atoms with E-state index in [2.05, 4.69) is 40.0 Å². The van der Waals surface area contributed by atoms with Gasteiger partial charge in [0.15, 0.2) is 0 Å². The average molecular weight is 625 g/mol. The van der Waals surface area contributed by atoms with Crippen LogP contribution in [0.2, 0.25) is 0 Å². The Morgan fingerprint density at radius 3 is 0.886 bits per heavy atom. The first-order chi connectivity index (χ1) is 21.8. The van der Waals surface area contributed by atoms with Crippen molar-refractivity contribution in [3.05, 3.63) is 0 Å². The quantitative estimate of drug-likeness (QED) is 0.0445. The lowest BCUT2D eigenvalue weighted by Crippen LogP contribution is -2.33. The number of hydrogen-bond donors (Lipinski definition) is 5. The van der Waals surface area contributed by atoms with Gasteiger partial charge in [-0.05, 0) is 130 Å². The summed E-state index contributed by atoms with van der Waals surface area (Å²) in [5.41, 5.74) is 5.56. The van der Waals surface area contributed by atoms with Gasteiger partial charge in [0.25, 0.3) is 0 Å². The molecule has 0 fully saturated rings. The van der Waals surface area contributed by atoms with Gasteiger partial charge < -0.3 is 31.9 Å². The summed E-state index contributed by atoms with van der Waals surface area (Å²) < 4.78 is 0. The van der Waals surface area contributed by atoms with Crippen molar-refractivity contribution < 1.29 is 0 Å². The molecular formula is C38H84N6. The van der Waals surface area contributed by atoms with Crippen molar-refractivity contribution in [3.63, 3.8) is 0 Å². The minimum Gasteiger partial charge on any atom is -0.330 e. The molecule has 0 aromatic carbocycles. The lowest BCUT2D eigenvalue weighted by Gasteiger charge is -2.23. The molecule has 0 spiro atoms. The molecule has 0 unspecified atom stereocenters. The molecule has 0 aromatic heterocycles. The van der Waals surface area contributed by atoms with Crippen LogP contribution in [0.4, 0.5) is 0 Å². The van der Waals surface area contributed by atoms with E-state index in [0.717, 1.165) is 39.1 Å². The number of rotatable bonds is 40. The van der Waals surface area contributed by atoms with Crippen molar-refractivity contribution in [3.8, 4) is 0 Å². The first-order valence-electron chi connectivity index (χ1n) is 20.1. The molecule has 0 aliphatic rings. The maximum absolute atomic E-state index is 5.56. The molecular weight excluding hydrogens is 540 g/mol. The Labute approximate surface area is 278 Å². The van der Waals surface area contributed by atoms with E-state index in [-0.39, 0.29) is 0 Å². The van der Waals surface area contributed by atoms with Crippen LogP contribution in [0.5, 0.6) is 0 Å². The monoisotopic (exact) mass is 625 g/mol. The van der Waals surface area contributed by atoms with E-state index in [1.54, 1.807) is 0 Å². The van der Waals surface area contributed by atoms with E-state index in [1.165, 1.54) is 193 Å². The van der Waals surface area contributed by atoms with Crippen LogP contribution in [0.3, 0.4) is 0 Å². The minimum absolute atomic E-state index is 0.789. The molecule has 0 aliphatic carbocycles. The molecule has 0 aliphatic heterocycles. The zero-order valence-corrected chi connectivity index (χ0v) is 30.5. The molecule has 0 heterocycles. The number of nitrogens with zero attached hydrogens (tertiary/aromatic N) is 1. The van der Waals surface area contributed by atoms with Crippen LogP contribution in [-0.4, -0.2) is 83.4 Å². The normalized spacial score (nSPS) is 11.7. The van der Waals surface area contributed by atoms with Gasteiger partial charge in [-0.1, -0.05) is 117 Å². The van der Waals surface area contributed by atoms with E-state index >= 15 is 0 Å². The Bertz CT molecular complexity index is 462. The lowest BCUT2D eigenvalue weighted by molar-refractivity contribution is 0.260. The Balaban J connectivity index is 3.90. The summed E-state index contributed by atoms with van der Waals surface area (Å²) in [6.45, 7) is 18.3. The lowest BCUT2D eigenvalue weighted by atomic mass is 10.1. The van der Waals surface area contributed by atoms with Gasteiger partial charge in [0, 0.05) is 0 Å². The largest absolute Gasteiger partial charge is 0.330 e. The Hall–Kier alpha value is -0.240. The first kappa shape index (κ1) is 43.8. The maximum atomic E-state index is 5.56. The van der Waals surface area contributed by atoms with Crippen LogP contribution in [0.1, 0.15) is 168 Å². The van der Waals surface area contributed by atoms with Crippen LogP contribution >= 0.6 is 0 Å². The number of hydrogen-bond acceptors (Lipinski definition) is 6. The number of nitrogens with two attached hydrogens (primary N) is 1. The van der Waals surface area contributed by atoms with Gasteiger partial charge in [-0.25, -0.2) is 0 Å². The van der Waals surface area contributed by atoms with E-state index in [1.807, 2.05) is 0 Å². The van der Waals surface area contributed by atoms with Gasteiger partial charge in [0.1, 0.15) is 0 Å². The molecule has 0 aromatic rings. The molecule has 0 amide bonds. The summed E-state index contributed by atoms with van der Waals surface area (Å²) in [6.07, 6.45) is 32.8. The van der Waals surface area contributed by atoms with Gasteiger partial charge in [-0.3, -0.25) is 0 Å². The first-order valence-corrected chi connectivity index (χ1v) is 20.1. The molecule has 0 saturated heterocycles. The second kappa shape index (κ2) is 40.8. The smallest absolute Gasteiger partial charge is 0.000662 e. The van der Waals surface area contributed by atoms with Gasteiger partial charge in [-0.15, -0.1) is 0 Å². The molecule has 266 valence electrons. The fraction of sp³-hybridized carbons (Fsp3) is 1.00. The summed E-state index contributed by atoms with van der Waals surface area (Å²) in [5.74, 6) is 0. The van der Waals surface area contributed by atoms with Crippen LogP contribution < -0.4 is 27.0 Å². The highest BCUT2D eigenvalue weighted by Crippen LogP contribution is 2.10.